The van der Waals surface area contributed by atoms with Crippen LogP contribution in [0.5, 0.6) is 0 Å². The maximum Gasteiger partial charge on any atom is 0.339 e. The number of carbonyl (C=O) groups is 1. The summed E-state index contributed by atoms with van der Waals surface area (Å²) < 4.78 is 7.19. The summed E-state index contributed by atoms with van der Waals surface area (Å²) in [6, 6.07) is 18.4. The molecule has 3 aromatic rings. The third-order valence-corrected chi connectivity index (χ3v) is 7.98. The normalized spacial score (nSPS) is 18.8. The predicted octanol–water partition coefficient (Wildman–Crippen LogP) is 6.79. The number of benzene rings is 2. The molecule has 3 unspecified atom stereocenters. The number of hydrogen-bond acceptors (Lipinski definition) is 2. The molecule has 0 bridgehead atoms. The van der Waals surface area contributed by atoms with Gasteiger partial charge in [0.2, 0.25) is 0 Å². The van der Waals surface area contributed by atoms with Crippen LogP contribution >= 0.6 is 10.5 Å². The van der Waals surface area contributed by atoms with Crippen LogP contribution < -0.4 is 0 Å². The van der Waals surface area contributed by atoms with Gasteiger partial charge in [0.25, 0.3) is 0 Å². The first-order chi connectivity index (χ1) is 14.0. The first-order valence-corrected chi connectivity index (χ1v) is 11.2. The van der Waals surface area contributed by atoms with Crippen molar-refractivity contribution in [3.63, 3.8) is 0 Å². The summed E-state index contributed by atoms with van der Waals surface area (Å²) in [5.74, 6) is 2.44. The van der Waals surface area contributed by atoms with E-state index in [-0.39, 0.29) is 22.4 Å². The fraction of sp³-hybridized carbons (Fsp3) is 0.269. The highest BCUT2D eigenvalue weighted by Crippen LogP contribution is 2.43. The molecule has 1 heterocycles. The smallest absolute Gasteiger partial charge is 0.339 e. The molecular formula is C26H25O2S+. The van der Waals surface area contributed by atoms with E-state index in [0.29, 0.717) is 5.56 Å². The van der Waals surface area contributed by atoms with Gasteiger partial charge in [0.1, 0.15) is 0 Å². The van der Waals surface area contributed by atoms with Gasteiger partial charge >= 0.3 is 5.97 Å². The van der Waals surface area contributed by atoms with E-state index in [1.807, 2.05) is 25.1 Å². The van der Waals surface area contributed by atoms with Gasteiger partial charge < -0.3 is 4.74 Å². The van der Waals surface area contributed by atoms with Crippen molar-refractivity contribution in [3.8, 4) is 17.2 Å². The molecule has 0 radical (unpaired) electrons. The van der Waals surface area contributed by atoms with E-state index in [9.17, 15) is 4.79 Å². The number of carbonyl (C=O) groups excluding carboxylic acids is 1. The molecule has 0 N–H and O–H groups in total. The second-order valence-corrected chi connectivity index (χ2v) is 9.90. The van der Waals surface area contributed by atoms with E-state index in [1.165, 1.54) is 15.0 Å². The molecule has 0 spiro atoms. The lowest BCUT2D eigenvalue weighted by molar-refractivity contribution is -0.00291. The molecular weight excluding hydrogens is 376 g/mol. The minimum Gasteiger partial charge on any atom is -0.442 e. The van der Waals surface area contributed by atoms with Crippen LogP contribution in [0.1, 0.15) is 41.4 Å². The van der Waals surface area contributed by atoms with Crippen LogP contribution in [-0.2, 0) is 4.74 Å². The zero-order chi connectivity index (χ0) is 20.4. The average Bonchev–Trinajstić information content (AvgIpc) is 3.10. The van der Waals surface area contributed by atoms with Gasteiger partial charge in [-0.25, -0.2) is 4.79 Å². The average molecular weight is 402 g/mol. The second-order valence-electron chi connectivity index (χ2n) is 7.73. The molecule has 29 heavy (non-hydrogen) atoms. The maximum atomic E-state index is 13.0. The molecule has 0 fully saturated rings. The Labute approximate surface area is 175 Å². The minimum absolute atomic E-state index is 0.0575. The zero-order valence-corrected chi connectivity index (χ0v) is 17.7. The molecule has 3 atom stereocenters. The molecule has 1 aromatic heterocycles. The fourth-order valence-corrected chi connectivity index (χ4v) is 6.29. The highest BCUT2D eigenvalue weighted by Gasteiger charge is 2.36. The van der Waals surface area contributed by atoms with Gasteiger partial charge in [-0.1, -0.05) is 36.3 Å². The number of ether oxygens (including phenoxy) is 1. The van der Waals surface area contributed by atoms with Gasteiger partial charge in [0.15, 0.2) is 20.1 Å². The first kappa shape index (κ1) is 19.5. The third-order valence-electron chi connectivity index (χ3n) is 5.68. The topological polar surface area (TPSA) is 26.3 Å². The number of aryl methyl sites for hydroxylation is 1. The van der Waals surface area contributed by atoms with Crippen molar-refractivity contribution in [3.05, 3.63) is 77.2 Å². The van der Waals surface area contributed by atoms with Gasteiger partial charge in [-0.15, -0.1) is 6.42 Å². The molecule has 1 aliphatic carbocycles. The largest absolute Gasteiger partial charge is 0.442 e. The number of fused-ring (bicyclic) bond motifs is 1. The molecule has 2 aromatic carbocycles. The number of terminal acetylenes is 1. The highest BCUT2D eigenvalue weighted by atomic mass is 32.2. The van der Waals surface area contributed by atoms with Gasteiger partial charge in [-0.05, 0) is 50.5 Å². The van der Waals surface area contributed by atoms with Crippen LogP contribution in [0.2, 0.25) is 0 Å². The fourth-order valence-electron chi connectivity index (χ4n) is 4.03. The van der Waals surface area contributed by atoms with Crippen LogP contribution in [0.4, 0.5) is 0 Å². The van der Waals surface area contributed by atoms with Crippen LogP contribution in [0.15, 0.2) is 66.7 Å². The monoisotopic (exact) mass is 401 g/mol. The van der Waals surface area contributed by atoms with Gasteiger partial charge in [0, 0.05) is 40.8 Å². The van der Waals surface area contributed by atoms with Crippen LogP contribution in [0, 0.1) is 25.2 Å². The summed E-state index contributed by atoms with van der Waals surface area (Å²) in [5.41, 5.74) is -0.379. The van der Waals surface area contributed by atoms with Crippen molar-refractivity contribution in [1.82, 2.24) is 0 Å². The molecule has 3 heteroatoms. The highest BCUT2D eigenvalue weighted by molar-refractivity contribution is 7.45. The summed E-state index contributed by atoms with van der Waals surface area (Å²) in [5, 5.41) is 1.25. The van der Waals surface area contributed by atoms with E-state index < -0.39 is 5.60 Å². The molecule has 0 amide bonds. The minimum atomic E-state index is -0.929. The Bertz CT molecular complexity index is 1130. The van der Waals surface area contributed by atoms with E-state index in [4.69, 9.17) is 11.2 Å². The zero-order valence-electron chi connectivity index (χ0n) is 16.9. The van der Waals surface area contributed by atoms with E-state index in [1.54, 1.807) is 0 Å². The summed E-state index contributed by atoms with van der Waals surface area (Å²) in [6.07, 6.45) is 13.1. The summed E-state index contributed by atoms with van der Waals surface area (Å²) in [7, 11) is -0.165. The van der Waals surface area contributed by atoms with Crippen molar-refractivity contribution >= 4 is 26.5 Å². The van der Waals surface area contributed by atoms with Gasteiger partial charge in [-0.2, -0.15) is 0 Å². The number of allylic oxidation sites excluding steroid dienone is 1. The first-order valence-electron chi connectivity index (χ1n) is 10.0. The summed E-state index contributed by atoms with van der Waals surface area (Å²) >= 11 is 0. The molecule has 0 saturated carbocycles. The Hall–Kier alpha value is -2.83. The summed E-state index contributed by atoms with van der Waals surface area (Å²) in [4.78, 5) is 15.4. The molecule has 0 aliphatic heterocycles. The lowest BCUT2D eigenvalue weighted by Gasteiger charge is -2.32. The van der Waals surface area contributed by atoms with Crippen molar-refractivity contribution in [2.45, 2.75) is 38.7 Å². The van der Waals surface area contributed by atoms with Crippen molar-refractivity contribution in [1.29, 1.82) is 0 Å². The Morgan fingerprint density at radius 3 is 2.79 bits per heavy atom. The van der Waals surface area contributed by atoms with E-state index >= 15 is 0 Å². The number of rotatable bonds is 4. The lowest BCUT2D eigenvalue weighted by atomic mass is 9.82. The molecule has 4 rings (SSSR count). The number of hydrogen-bond donors (Lipinski definition) is 0. The SMILES string of the molecule is C#CC(C)(OC(=O)c1cccc(-[s+]2c(C)cc3ccccc32)c1)C1C=CCCC1. The Morgan fingerprint density at radius 2 is 2.03 bits per heavy atom. The maximum absolute atomic E-state index is 13.0. The van der Waals surface area contributed by atoms with Gasteiger partial charge in [-0.3, -0.25) is 0 Å². The molecule has 146 valence electrons. The Balaban J connectivity index is 1.66. The van der Waals surface area contributed by atoms with Crippen LogP contribution in [0.25, 0.3) is 15.0 Å². The number of esters is 1. The van der Waals surface area contributed by atoms with E-state index in [2.05, 4.69) is 61.4 Å². The lowest BCUT2D eigenvalue weighted by Crippen LogP contribution is -2.38. The standard InChI is InChI=1S/C26H25O2S/c1-4-26(3,22-13-6-5-7-14-22)28-25(27)21-12-10-15-23(18-21)29-19(2)17-20-11-8-9-16-24(20)29/h1,6,8-13,15-18,22H,5,7,14H2,2-3H3/q+1. The van der Waals surface area contributed by atoms with Crippen LogP contribution in [0.3, 0.4) is 0 Å². The van der Waals surface area contributed by atoms with E-state index in [0.717, 1.165) is 24.2 Å². The van der Waals surface area contributed by atoms with Gasteiger partial charge in [0.05, 0.1) is 5.56 Å². The Kier molecular flexibility index (Phi) is 5.30. The predicted molar refractivity (Wildman–Crippen MR) is 122 cm³/mol. The quantitative estimate of drug-likeness (QED) is 0.208. The third kappa shape index (κ3) is 3.73. The molecule has 2 nitrogen and oxygen atoms in total. The molecule has 1 aliphatic rings. The Morgan fingerprint density at radius 1 is 1.21 bits per heavy atom. The van der Waals surface area contributed by atoms with Crippen LogP contribution in [-0.4, -0.2) is 11.6 Å². The molecule has 0 saturated heterocycles. The van der Waals surface area contributed by atoms with Crippen molar-refractivity contribution in [2.24, 2.45) is 5.92 Å². The van der Waals surface area contributed by atoms with Crippen molar-refractivity contribution in [2.75, 3.05) is 0 Å². The van der Waals surface area contributed by atoms with Crippen molar-refractivity contribution < 1.29 is 9.53 Å². The number of thiophene rings is 1. The second kappa shape index (κ2) is 7.89. The summed E-state index contributed by atoms with van der Waals surface area (Å²) in [6.45, 7) is 4.00.